The van der Waals surface area contributed by atoms with Gasteiger partial charge in [0.1, 0.15) is 5.75 Å². The van der Waals surface area contributed by atoms with Crippen LogP contribution in [0.5, 0.6) is 5.75 Å². The minimum absolute atomic E-state index is 0.142. The lowest BCUT2D eigenvalue weighted by Gasteiger charge is -2.21. The Kier molecular flexibility index (Phi) is 5.64. The maximum absolute atomic E-state index is 10.9. The average Bonchev–Trinajstić information content (AvgIpc) is 2.56. The van der Waals surface area contributed by atoms with Gasteiger partial charge in [0.25, 0.3) is 0 Å². The second-order valence-corrected chi connectivity index (χ2v) is 5.76. The van der Waals surface area contributed by atoms with Crippen LogP contribution in [0.1, 0.15) is 29.8 Å². The number of methoxy groups -OCH3 is 1. The number of carboxylic acid groups (broad SMARTS) is 1. The Morgan fingerprint density at radius 3 is 2.67 bits per heavy atom. The van der Waals surface area contributed by atoms with E-state index < -0.39 is 12.1 Å². The van der Waals surface area contributed by atoms with Crippen molar-refractivity contribution in [1.82, 2.24) is 10.3 Å². The summed E-state index contributed by atoms with van der Waals surface area (Å²) >= 11 is 6.35. The first-order chi connectivity index (χ1) is 11.4. The van der Waals surface area contributed by atoms with Crippen molar-refractivity contribution >= 4 is 17.7 Å². The van der Waals surface area contributed by atoms with Crippen LogP contribution in [-0.2, 0) is 6.61 Å². The molecule has 7 heteroatoms. The fourth-order valence-electron chi connectivity index (χ4n) is 2.56. The maximum Gasteiger partial charge on any atom is 0.405 e. The number of aliphatic hydroxyl groups excluding tert-OH is 1. The van der Waals surface area contributed by atoms with Gasteiger partial charge in [0.15, 0.2) is 0 Å². The van der Waals surface area contributed by atoms with E-state index in [-0.39, 0.29) is 6.61 Å². The predicted octanol–water partition coefficient (Wildman–Crippen LogP) is 3.54. The van der Waals surface area contributed by atoms with Crippen molar-refractivity contribution in [3.63, 3.8) is 0 Å². The molecule has 0 aliphatic heterocycles. The first-order valence-corrected chi connectivity index (χ1v) is 7.69. The molecule has 0 aliphatic rings. The zero-order valence-electron chi connectivity index (χ0n) is 13.6. The Balaban J connectivity index is 2.64. The number of hydrogen-bond acceptors (Lipinski definition) is 4. The van der Waals surface area contributed by atoms with E-state index in [0.29, 0.717) is 22.0 Å². The number of pyridine rings is 1. The zero-order valence-corrected chi connectivity index (χ0v) is 14.4. The molecule has 1 heterocycles. The van der Waals surface area contributed by atoms with Crippen LogP contribution < -0.4 is 10.1 Å². The molecule has 0 fully saturated rings. The van der Waals surface area contributed by atoms with Crippen LogP contribution in [0, 0.1) is 6.92 Å². The highest BCUT2D eigenvalue weighted by molar-refractivity contribution is 6.32. The minimum Gasteiger partial charge on any atom is -0.496 e. The summed E-state index contributed by atoms with van der Waals surface area (Å²) in [6.45, 7) is 3.44. The molecule has 2 rings (SSSR count). The van der Waals surface area contributed by atoms with Gasteiger partial charge in [-0.3, -0.25) is 4.98 Å². The van der Waals surface area contributed by atoms with Crippen LogP contribution in [0.4, 0.5) is 4.79 Å². The molecule has 3 N–H and O–H groups in total. The third-order valence-electron chi connectivity index (χ3n) is 3.79. The van der Waals surface area contributed by atoms with E-state index in [1.807, 2.05) is 13.0 Å². The molecule has 1 amide bonds. The summed E-state index contributed by atoms with van der Waals surface area (Å²) in [6.07, 6.45) is 0.503. The van der Waals surface area contributed by atoms with Crippen LogP contribution in [0.2, 0.25) is 5.02 Å². The van der Waals surface area contributed by atoms with Gasteiger partial charge in [-0.05, 0) is 31.5 Å². The topological polar surface area (TPSA) is 91.7 Å². The summed E-state index contributed by atoms with van der Waals surface area (Å²) in [5, 5.41) is 21.0. The normalized spacial score (nSPS) is 11.9. The first kappa shape index (κ1) is 18.0. The lowest BCUT2D eigenvalue weighted by atomic mass is 9.94. The Bertz CT molecular complexity index is 747. The number of ether oxygens (including phenoxy) is 1. The molecule has 2 aromatic rings. The van der Waals surface area contributed by atoms with Gasteiger partial charge >= 0.3 is 6.09 Å². The SMILES string of the molecule is COc1c(C(C)NC(=O)O)cc(Cl)c(C)c1-c1ccc(CO)nc1. The molecule has 0 aliphatic carbocycles. The van der Waals surface area contributed by atoms with E-state index in [1.54, 1.807) is 25.3 Å². The molecule has 1 unspecified atom stereocenters. The highest BCUT2D eigenvalue weighted by Gasteiger charge is 2.21. The number of nitrogens with zero attached hydrogens (tertiary/aromatic N) is 1. The minimum atomic E-state index is -1.13. The number of hydrogen-bond donors (Lipinski definition) is 3. The van der Waals surface area contributed by atoms with Gasteiger partial charge in [-0.15, -0.1) is 0 Å². The van der Waals surface area contributed by atoms with Gasteiger partial charge in [0, 0.05) is 27.9 Å². The van der Waals surface area contributed by atoms with Gasteiger partial charge in [-0.2, -0.15) is 0 Å². The Morgan fingerprint density at radius 1 is 1.46 bits per heavy atom. The summed E-state index contributed by atoms with van der Waals surface area (Å²) < 4.78 is 5.56. The van der Waals surface area contributed by atoms with E-state index in [2.05, 4.69) is 10.3 Å². The summed E-state index contributed by atoms with van der Waals surface area (Å²) in [5.41, 5.74) is 3.51. The lowest BCUT2D eigenvalue weighted by Crippen LogP contribution is -2.25. The lowest BCUT2D eigenvalue weighted by molar-refractivity contribution is 0.190. The van der Waals surface area contributed by atoms with Crippen LogP contribution in [0.15, 0.2) is 24.4 Å². The van der Waals surface area contributed by atoms with Crippen LogP contribution >= 0.6 is 11.6 Å². The molecule has 1 aromatic heterocycles. The van der Waals surface area contributed by atoms with Crippen LogP contribution in [0.25, 0.3) is 11.1 Å². The van der Waals surface area contributed by atoms with E-state index in [0.717, 1.165) is 16.7 Å². The van der Waals surface area contributed by atoms with E-state index >= 15 is 0 Å². The van der Waals surface area contributed by atoms with Gasteiger partial charge < -0.3 is 20.3 Å². The van der Waals surface area contributed by atoms with Crippen molar-refractivity contribution < 1.29 is 19.7 Å². The van der Waals surface area contributed by atoms with Crippen molar-refractivity contribution in [2.24, 2.45) is 0 Å². The molecular formula is C17H19ClN2O4. The molecule has 1 aromatic carbocycles. The number of halogens is 1. The molecule has 128 valence electrons. The molecule has 1 atom stereocenters. The highest BCUT2D eigenvalue weighted by Crippen LogP contribution is 2.41. The Labute approximate surface area is 145 Å². The standard InChI is InChI=1S/C17H19ClN2O4/c1-9-14(18)6-13(10(2)20-17(22)23)16(24-3)15(9)11-4-5-12(8-21)19-7-11/h4-7,10,20-21H,8H2,1-3H3,(H,22,23). The van der Waals surface area contributed by atoms with Crippen molar-refractivity contribution in [2.45, 2.75) is 26.5 Å². The van der Waals surface area contributed by atoms with E-state index in [9.17, 15) is 4.79 Å². The van der Waals surface area contributed by atoms with Crippen molar-refractivity contribution in [3.05, 3.63) is 46.2 Å². The summed E-state index contributed by atoms with van der Waals surface area (Å²) in [6, 6.07) is 4.74. The monoisotopic (exact) mass is 350 g/mol. The summed E-state index contributed by atoms with van der Waals surface area (Å²) in [4.78, 5) is 15.1. The quantitative estimate of drug-likeness (QED) is 0.767. The van der Waals surface area contributed by atoms with Crippen molar-refractivity contribution in [2.75, 3.05) is 7.11 Å². The zero-order chi connectivity index (χ0) is 17.9. The van der Waals surface area contributed by atoms with Crippen LogP contribution in [0.3, 0.4) is 0 Å². The van der Waals surface area contributed by atoms with Crippen molar-refractivity contribution in [3.8, 4) is 16.9 Å². The number of carbonyl (C=O) groups is 1. The average molecular weight is 351 g/mol. The summed E-state index contributed by atoms with van der Waals surface area (Å²) in [5.74, 6) is 0.539. The highest BCUT2D eigenvalue weighted by atomic mass is 35.5. The number of aliphatic hydroxyl groups is 1. The first-order valence-electron chi connectivity index (χ1n) is 7.31. The number of aromatic nitrogens is 1. The summed E-state index contributed by atoms with van der Waals surface area (Å²) in [7, 11) is 1.53. The third kappa shape index (κ3) is 3.60. The second kappa shape index (κ2) is 7.51. The Morgan fingerprint density at radius 2 is 2.17 bits per heavy atom. The largest absolute Gasteiger partial charge is 0.496 e. The predicted molar refractivity (Wildman–Crippen MR) is 91.5 cm³/mol. The van der Waals surface area contributed by atoms with Gasteiger partial charge in [-0.25, -0.2) is 4.79 Å². The molecular weight excluding hydrogens is 332 g/mol. The van der Waals surface area contributed by atoms with E-state index in [1.165, 1.54) is 7.11 Å². The molecule has 0 saturated heterocycles. The molecule has 6 nitrogen and oxygen atoms in total. The number of rotatable bonds is 5. The fraction of sp³-hybridized carbons (Fsp3) is 0.294. The number of nitrogens with one attached hydrogen (secondary N) is 1. The molecule has 24 heavy (non-hydrogen) atoms. The molecule has 0 radical (unpaired) electrons. The molecule has 0 saturated carbocycles. The van der Waals surface area contributed by atoms with Gasteiger partial charge in [0.2, 0.25) is 0 Å². The van der Waals surface area contributed by atoms with Crippen molar-refractivity contribution in [1.29, 1.82) is 0 Å². The molecule has 0 spiro atoms. The van der Waals surface area contributed by atoms with Crippen LogP contribution in [-0.4, -0.2) is 28.4 Å². The molecule has 0 bridgehead atoms. The maximum atomic E-state index is 10.9. The smallest absolute Gasteiger partial charge is 0.405 e. The fourth-order valence-corrected chi connectivity index (χ4v) is 2.77. The second-order valence-electron chi connectivity index (χ2n) is 5.35. The Hall–Kier alpha value is -2.31. The van der Waals surface area contributed by atoms with Gasteiger partial charge in [-0.1, -0.05) is 17.7 Å². The third-order valence-corrected chi connectivity index (χ3v) is 4.18. The number of amides is 1. The number of benzene rings is 1. The van der Waals surface area contributed by atoms with Gasteiger partial charge in [0.05, 0.1) is 25.5 Å². The van der Waals surface area contributed by atoms with E-state index in [4.69, 9.17) is 26.6 Å².